The molecule has 2 amide bonds. The van der Waals surface area contributed by atoms with E-state index >= 15 is 0 Å². The zero-order valence-electron chi connectivity index (χ0n) is 4.23. The van der Waals surface area contributed by atoms with E-state index in [1.165, 1.54) is 0 Å². The van der Waals surface area contributed by atoms with Gasteiger partial charge in [-0.15, -0.1) is 0 Å². The average molecular weight is 155 g/mol. The van der Waals surface area contributed by atoms with E-state index in [0.29, 0.717) is 0 Å². The third-order valence-electron chi connectivity index (χ3n) is 0.619. The molecule has 0 heterocycles. The zero-order chi connectivity index (χ0) is 7.65. The molecule has 0 aromatic carbocycles. The van der Waals surface area contributed by atoms with E-state index in [9.17, 15) is 14.0 Å². The Kier molecular flexibility index (Phi) is 1.98. The molecule has 0 aromatic heterocycles. The molecule has 0 spiro atoms. The highest BCUT2D eigenvalue weighted by atomic mass is 35.5. The summed E-state index contributed by atoms with van der Waals surface area (Å²) >= 11 is 4.59. The molecule has 0 aliphatic carbocycles. The summed E-state index contributed by atoms with van der Waals surface area (Å²) in [5, 5.41) is -3.25. The molecule has 52 valence electrons. The van der Waals surface area contributed by atoms with Crippen LogP contribution in [-0.2, 0) is 9.59 Å². The fourth-order valence-electron chi connectivity index (χ4n) is 0.121. The molecule has 0 aliphatic heterocycles. The summed E-state index contributed by atoms with van der Waals surface area (Å²) in [6.45, 7) is 0. The standard InChI is InChI=1S/C3H4ClFN2O2/c4-3(5,1(6)8)2(7)9/h(H2,6,8)(H2,7,9). The maximum absolute atomic E-state index is 12.2. The van der Waals surface area contributed by atoms with Gasteiger partial charge in [0.15, 0.2) is 0 Å². The molecular weight excluding hydrogens is 150 g/mol. The predicted octanol–water partition coefficient (Wildman–Crippen LogP) is -1.14. The monoisotopic (exact) mass is 154 g/mol. The molecule has 0 unspecified atom stereocenters. The van der Waals surface area contributed by atoms with Gasteiger partial charge in [0.1, 0.15) is 0 Å². The average Bonchev–Trinajstić information content (AvgIpc) is 1.65. The van der Waals surface area contributed by atoms with Gasteiger partial charge in [-0.05, 0) is 0 Å². The number of halogens is 2. The van der Waals surface area contributed by atoms with Crippen LogP contribution in [0.3, 0.4) is 0 Å². The van der Waals surface area contributed by atoms with Crippen LogP contribution >= 0.6 is 11.6 Å². The van der Waals surface area contributed by atoms with Gasteiger partial charge in [0.2, 0.25) is 0 Å². The molecule has 0 saturated heterocycles. The van der Waals surface area contributed by atoms with Crippen LogP contribution in [0, 0.1) is 0 Å². The molecule has 0 rings (SSSR count). The van der Waals surface area contributed by atoms with E-state index in [1.807, 2.05) is 0 Å². The highest BCUT2D eigenvalue weighted by Crippen LogP contribution is 2.14. The first-order valence-electron chi connectivity index (χ1n) is 1.86. The van der Waals surface area contributed by atoms with E-state index in [1.54, 1.807) is 0 Å². The Morgan fingerprint density at radius 1 is 1.33 bits per heavy atom. The van der Waals surface area contributed by atoms with Crippen molar-refractivity contribution >= 4 is 23.4 Å². The normalized spacial score (nSPS) is 10.9. The quantitative estimate of drug-likeness (QED) is 0.389. The third kappa shape index (κ3) is 1.53. The van der Waals surface area contributed by atoms with Gasteiger partial charge in [0.25, 0.3) is 11.8 Å². The van der Waals surface area contributed by atoms with Crippen molar-refractivity contribution in [2.75, 3.05) is 0 Å². The summed E-state index contributed by atoms with van der Waals surface area (Å²) in [6.07, 6.45) is 0. The number of hydrogen-bond donors (Lipinski definition) is 2. The van der Waals surface area contributed by atoms with Crippen molar-refractivity contribution < 1.29 is 14.0 Å². The van der Waals surface area contributed by atoms with E-state index in [2.05, 4.69) is 23.1 Å². The van der Waals surface area contributed by atoms with Gasteiger partial charge in [-0.1, -0.05) is 11.6 Å². The highest BCUT2D eigenvalue weighted by Gasteiger charge is 2.40. The molecule has 9 heavy (non-hydrogen) atoms. The second kappa shape index (κ2) is 2.18. The number of alkyl halides is 2. The predicted molar refractivity (Wildman–Crippen MR) is 28.1 cm³/mol. The van der Waals surface area contributed by atoms with E-state index in [4.69, 9.17) is 0 Å². The van der Waals surface area contributed by atoms with Gasteiger partial charge in [0.05, 0.1) is 0 Å². The van der Waals surface area contributed by atoms with Crippen molar-refractivity contribution in [3.8, 4) is 0 Å². The number of amides is 2. The second-order valence-corrected chi connectivity index (χ2v) is 1.82. The zero-order valence-corrected chi connectivity index (χ0v) is 4.98. The minimum Gasteiger partial charge on any atom is -0.365 e. The Morgan fingerprint density at radius 3 is 1.56 bits per heavy atom. The minimum atomic E-state index is -3.25. The van der Waals surface area contributed by atoms with Crippen LogP contribution in [0.25, 0.3) is 0 Å². The first kappa shape index (κ1) is 8.16. The number of nitrogens with two attached hydrogens (primary N) is 2. The maximum atomic E-state index is 12.2. The molecular formula is C3H4ClFN2O2. The maximum Gasteiger partial charge on any atom is 0.338 e. The van der Waals surface area contributed by atoms with Crippen LogP contribution in [0.5, 0.6) is 0 Å². The van der Waals surface area contributed by atoms with Crippen molar-refractivity contribution in [1.29, 1.82) is 0 Å². The summed E-state index contributed by atoms with van der Waals surface area (Å²) < 4.78 is 12.2. The Bertz CT molecular complexity index is 142. The van der Waals surface area contributed by atoms with Crippen LogP contribution < -0.4 is 11.5 Å². The van der Waals surface area contributed by atoms with Gasteiger partial charge in [-0.3, -0.25) is 9.59 Å². The summed E-state index contributed by atoms with van der Waals surface area (Å²) in [5.41, 5.74) is 8.65. The van der Waals surface area contributed by atoms with Gasteiger partial charge >= 0.3 is 5.13 Å². The van der Waals surface area contributed by atoms with Crippen molar-refractivity contribution in [2.45, 2.75) is 5.13 Å². The largest absolute Gasteiger partial charge is 0.365 e. The van der Waals surface area contributed by atoms with Gasteiger partial charge in [0, 0.05) is 0 Å². The summed E-state index contributed by atoms with van der Waals surface area (Å²) in [7, 11) is 0. The van der Waals surface area contributed by atoms with Crippen LogP contribution in [0.15, 0.2) is 0 Å². The van der Waals surface area contributed by atoms with Crippen molar-refractivity contribution in [2.24, 2.45) is 11.5 Å². The topological polar surface area (TPSA) is 86.2 Å². The van der Waals surface area contributed by atoms with Gasteiger partial charge < -0.3 is 11.5 Å². The Morgan fingerprint density at radius 2 is 1.56 bits per heavy atom. The second-order valence-electron chi connectivity index (χ2n) is 1.30. The smallest absolute Gasteiger partial charge is 0.338 e. The highest BCUT2D eigenvalue weighted by molar-refractivity contribution is 6.44. The molecule has 0 saturated carbocycles. The van der Waals surface area contributed by atoms with Crippen LogP contribution in [0.2, 0.25) is 0 Å². The summed E-state index contributed by atoms with van der Waals surface area (Å²) in [4.78, 5) is 19.8. The number of rotatable bonds is 2. The molecule has 6 heteroatoms. The fraction of sp³-hybridized carbons (Fsp3) is 0.333. The molecule has 0 radical (unpaired) electrons. The van der Waals surface area contributed by atoms with E-state index in [-0.39, 0.29) is 0 Å². The molecule has 0 aliphatic rings. The number of carbonyl (C=O) groups is 2. The Labute approximate surface area is 54.9 Å². The lowest BCUT2D eigenvalue weighted by molar-refractivity contribution is -0.135. The van der Waals surface area contributed by atoms with Crippen LogP contribution in [-0.4, -0.2) is 16.9 Å². The molecule has 0 aromatic rings. The van der Waals surface area contributed by atoms with Crippen molar-refractivity contribution in [3.05, 3.63) is 0 Å². The van der Waals surface area contributed by atoms with Crippen molar-refractivity contribution in [3.63, 3.8) is 0 Å². The minimum absolute atomic E-state index is 1.60. The summed E-state index contributed by atoms with van der Waals surface area (Å²) in [5.74, 6) is -3.20. The summed E-state index contributed by atoms with van der Waals surface area (Å²) in [6, 6.07) is 0. The van der Waals surface area contributed by atoms with Crippen LogP contribution in [0.4, 0.5) is 4.39 Å². The number of primary amides is 2. The molecule has 0 bridgehead atoms. The first-order chi connectivity index (χ1) is 3.89. The fourth-order valence-corrected chi connectivity index (χ4v) is 0.121. The molecule has 4 nitrogen and oxygen atoms in total. The SMILES string of the molecule is NC(=O)C(F)(Cl)C(N)=O. The van der Waals surface area contributed by atoms with Crippen LogP contribution in [0.1, 0.15) is 0 Å². The van der Waals surface area contributed by atoms with Gasteiger partial charge in [-0.25, -0.2) is 4.39 Å². The van der Waals surface area contributed by atoms with E-state index < -0.39 is 16.9 Å². The third-order valence-corrected chi connectivity index (χ3v) is 0.991. The van der Waals surface area contributed by atoms with Gasteiger partial charge in [-0.2, -0.15) is 0 Å². The number of hydrogen-bond acceptors (Lipinski definition) is 2. The lowest BCUT2D eigenvalue weighted by atomic mass is 10.3. The number of carbonyl (C=O) groups excluding carboxylic acids is 2. The Hall–Kier alpha value is -0.840. The lowest BCUT2D eigenvalue weighted by Crippen LogP contribution is -2.45. The van der Waals surface area contributed by atoms with Crippen molar-refractivity contribution in [1.82, 2.24) is 0 Å². The van der Waals surface area contributed by atoms with E-state index in [0.717, 1.165) is 0 Å². The molecule has 0 atom stereocenters. The molecule has 0 fully saturated rings. The Balaban J connectivity index is 4.38. The molecule has 4 N–H and O–H groups in total. The first-order valence-corrected chi connectivity index (χ1v) is 2.24. The lowest BCUT2D eigenvalue weighted by Gasteiger charge is -2.06.